The molecule has 4 rings (SSSR count). The van der Waals surface area contributed by atoms with E-state index in [1.54, 1.807) is 13.3 Å². The Balaban J connectivity index is 1.58. The summed E-state index contributed by atoms with van der Waals surface area (Å²) in [6, 6.07) is 15.3. The van der Waals surface area contributed by atoms with Crippen LogP contribution in [0.15, 0.2) is 60.9 Å². The highest BCUT2D eigenvalue weighted by atomic mass is 16.5. The van der Waals surface area contributed by atoms with Crippen molar-refractivity contribution in [3.05, 3.63) is 83.4 Å². The molecule has 0 saturated heterocycles. The molecule has 2 aromatic carbocycles. The number of aryl methyl sites for hydroxylation is 2. The lowest BCUT2D eigenvalue weighted by Gasteiger charge is -2.23. The maximum atomic E-state index is 12.9. The molecule has 1 aliphatic rings. The highest BCUT2D eigenvalue weighted by Gasteiger charge is 2.27. The van der Waals surface area contributed by atoms with Crippen molar-refractivity contribution in [3.8, 4) is 5.75 Å². The van der Waals surface area contributed by atoms with E-state index in [1.807, 2.05) is 54.2 Å². The third-order valence-electron chi connectivity index (χ3n) is 5.28. The number of nitrogens with one attached hydrogen (secondary N) is 2. The first-order valence-electron chi connectivity index (χ1n) is 9.42. The predicted molar refractivity (Wildman–Crippen MR) is 107 cm³/mol. The smallest absolute Gasteiger partial charge is 0.316 e. The van der Waals surface area contributed by atoms with Crippen molar-refractivity contribution in [2.75, 3.05) is 7.11 Å². The lowest BCUT2D eigenvalue weighted by Crippen LogP contribution is -2.40. The highest BCUT2D eigenvalue weighted by Crippen LogP contribution is 2.32. The fourth-order valence-corrected chi connectivity index (χ4v) is 3.88. The third kappa shape index (κ3) is 3.45. The number of amides is 2. The number of para-hydroxylation sites is 1. The van der Waals surface area contributed by atoms with Gasteiger partial charge in [-0.15, -0.1) is 0 Å². The molecule has 1 aromatic heterocycles. The monoisotopic (exact) mass is 376 g/mol. The fraction of sp³-hybridized carbons (Fsp3) is 0.273. The minimum Gasteiger partial charge on any atom is -0.496 e. The summed E-state index contributed by atoms with van der Waals surface area (Å²) in [4.78, 5) is 17.4. The summed E-state index contributed by atoms with van der Waals surface area (Å²) < 4.78 is 7.42. The lowest BCUT2D eigenvalue weighted by molar-refractivity contribution is 0.234. The Labute approximate surface area is 164 Å². The van der Waals surface area contributed by atoms with Gasteiger partial charge in [0.05, 0.1) is 13.2 Å². The van der Waals surface area contributed by atoms with Crippen molar-refractivity contribution >= 4 is 6.03 Å². The van der Waals surface area contributed by atoms with E-state index in [2.05, 4.69) is 27.8 Å². The van der Waals surface area contributed by atoms with Crippen LogP contribution in [-0.2, 0) is 13.5 Å². The molecular formula is C22H24N4O2. The molecule has 144 valence electrons. The lowest BCUT2D eigenvalue weighted by atomic mass is 10.0. The van der Waals surface area contributed by atoms with E-state index in [0.717, 1.165) is 24.2 Å². The molecule has 1 heterocycles. The van der Waals surface area contributed by atoms with Gasteiger partial charge in [-0.05, 0) is 30.0 Å². The summed E-state index contributed by atoms with van der Waals surface area (Å²) in [6.07, 6.45) is 5.49. The van der Waals surface area contributed by atoms with Gasteiger partial charge in [0.15, 0.2) is 0 Å². The zero-order valence-corrected chi connectivity index (χ0v) is 16.1. The van der Waals surface area contributed by atoms with Crippen molar-refractivity contribution in [2.45, 2.75) is 24.9 Å². The number of hydrogen-bond donors (Lipinski definition) is 2. The van der Waals surface area contributed by atoms with Gasteiger partial charge in [0.25, 0.3) is 0 Å². The largest absolute Gasteiger partial charge is 0.496 e. The highest BCUT2D eigenvalue weighted by molar-refractivity contribution is 5.76. The topological polar surface area (TPSA) is 68.2 Å². The molecular weight excluding hydrogens is 352 g/mol. The van der Waals surface area contributed by atoms with E-state index in [4.69, 9.17) is 4.74 Å². The molecule has 28 heavy (non-hydrogen) atoms. The van der Waals surface area contributed by atoms with Crippen LogP contribution in [0.25, 0.3) is 0 Å². The minimum atomic E-state index is -0.423. The number of benzene rings is 2. The number of rotatable bonds is 5. The molecule has 0 saturated carbocycles. The maximum Gasteiger partial charge on any atom is 0.316 e. The average Bonchev–Trinajstić information content (AvgIpc) is 3.32. The maximum absolute atomic E-state index is 12.9. The van der Waals surface area contributed by atoms with Crippen molar-refractivity contribution in [2.24, 2.45) is 7.05 Å². The Hall–Kier alpha value is -3.28. The van der Waals surface area contributed by atoms with E-state index in [0.29, 0.717) is 5.75 Å². The third-order valence-corrected chi connectivity index (χ3v) is 5.28. The molecule has 2 atom stereocenters. The van der Waals surface area contributed by atoms with Crippen molar-refractivity contribution < 1.29 is 9.53 Å². The summed E-state index contributed by atoms with van der Waals surface area (Å²) in [5.41, 5.74) is 3.36. The first kappa shape index (κ1) is 18.1. The van der Waals surface area contributed by atoms with E-state index in [9.17, 15) is 4.79 Å². The molecule has 6 heteroatoms. The van der Waals surface area contributed by atoms with Crippen LogP contribution >= 0.6 is 0 Å². The molecule has 0 bridgehead atoms. The number of carbonyl (C=O) groups is 1. The van der Waals surface area contributed by atoms with E-state index in [-0.39, 0.29) is 12.1 Å². The number of fused-ring (bicyclic) bond motifs is 1. The van der Waals surface area contributed by atoms with Crippen LogP contribution in [0.4, 0.5) is 4.79 Å². The number of hydrogen-bond acceptors (Lipinski definition) is 3. The van der Waals surface area contributed by atoms with Gasteiger partial charge >= 0.3 is 6.03 Å². The summed E-state index contributed by atoms with van der Waals surface area (Å²) in [5, 5.41) is 6.22. The Bertz CT molecular complexity index is 982. The van der Waals surface area contributed by atoms with E-state index >= 15 is 0 Å². The fourth-order valence-electron chi connectivity index (χ4n) is 3.88. The summed E-state index contributed by atoms with van der Waals surface area (Å²) in [5.74, 6) is 1.45. The second-order valence-electron chi connectivity index (χ2n) is 6.98. The van der Waals surface area contributed by atoms with Gasteiger partial charge in [-0.2, -0.15) is 0 Å². The number of imidazole rings is 1. The van der Waals surface area contributed by atoms with Gasteiger partial charge in [-0.1, -0.05) is 42.5 Å². The average molecular weight is 376 g/mol. The number of methoxy groups -OCH3 is 1. The van der Waals surface area contributed by atoms with E-state index < -0.39 is 6.04 Å². The van der Waals surface area contributed by atoms with Gasteiger partial charge in [0, 0.05) is 25.0 Å². The summed E-state index contributed by atoms with van der Waals surface area (Å²) in [6.45, 7) is 0. The Kier molecular flexibility index (Phi) is 5.02. The Morgan fingerprint density at radius 2 is 2.00 bits per heavy atom. The molecule has 2 unspecified atom stereocenters. The minimum absolute atomic E-state index is 0.0240. The standard InChI is InChI=1S/C22H24N4O2/c1-26-14-13-23-21(26)20(17-9-5-6-10-19(17)28-2)25-22(27)24-18-12-11-15-7-3-4-8-16(15)18/h3-10,13-14,18,20H,11-12H2,1-2H3,(H2,24,25,27). The molecule has 0 spiro atoms. The summed E-state index contributed by atoms with van der Waals surface area (Å²) >= 11 is 0. The van der Waals surface area contributed by atoms with Gasteiger partial charge in [0.1, 0.15) is 17.6 Å². The second-order valence-corrected chi connectivity index (χ2v) is 6.98. The van der Waals surface area contributed by atoms with Gasteiger partial charge < -0.3 is 19.9 Å². The van der Waals surface area contributed by atoms with Crippen LogP contribution in [-0.4, -0.2) is 22.7 Å². The van der Waals surface area contributed by atoms with Crippen LogP contribution < -0.4 is 15.4 Å². The SMILES string of the molecule is COc1ccccc1C(NC(=O)NC1CCc2ccccc21)c1nccn1C. The number of aromatic nitrogens is 2. The molecule has 0 aliphatic heterocycles. The first-order chi connectivity index (χ1) is 13.7. The van der Waals surface area contributed by atoms with Crippen LogP contribution in [0.3, 0.4) is 0 Å². The Morgan fingerprint density at radius 3 is 2.79 bits per heavy atom. The quantitative estimate of drug-likeness (QED) is 0.716. The van der Waals surface area contributed by atoms with Crippen molar-refractivity contribution in [3.63, 3.8) is 0 Å². The van der Waals surface area contributed by atoms with Crippen LogP contribution in [0.2, 0.25) is 0 Å². The van der Waals surface area contributed by atoms with Gasteiger partial charge in [-0.3, -0.25) is 0 Å². The molecule has 1 aliphatic carbocycles. The van der Waals surface area contributed by atoms with Crippen LogP contribution in [0.1, 0.15) is 41.0 Å². The zero-order valence-electron chi connectivity index (χ0n) is 16.1. The van der Waals surface area contributed by atoms with Crippen molar-refractivity contribution in [1.82, 2.24) is 20.2 Å². The van der Waals surface area contributed by atoms with Gasteiger partial charge in [0.2, 0.25) is 0 Å². The van der Waals surface area contributed by atoms with Crippen LogP contribution in [0.5, 0.6) is 5.75 Å². The predicted octanol–water partition coefficient (Wildman–Crippen LogP) is 3.50. The Morgan fingerprint density at radius 1 is 1.21 bits per heavy atom. The number of nitrogens with zero attached hydrogens (tertiary/aromatic N) is 2. The molecule has 3 aromatic rings. The molecule has 6 nitrogen and oxygen atoms in total. The van der Waals surface area contributed by atoms with Gasteiger partial charge in [-0.25, -0.2) is 9.78 Å². The summed E-state index contributed by atoms with van der Waals surface area (Å²) in [7, 11) is 3.54. The first-order valence-corrected chi connectivity index (χ1v) is 9.42. The number of carbonyl (C=O) groups excluding carboxylic acids is 1. The number of ether oxygens (including phenoxy) is 1. The normalized spacial score (nSPS) is 16.3. The van der Waals surface area contributed by atoms with E-state index in [1.165, 1.54) is 11.1 Å². The second kappa shape index (κ2) is 7.76. The zero-order chi connectivity index (χ0) is 19.5. The van der Waals surface area contributed by atoms with Crippen LogP contribution in [0, 0.1) is 0 Å². The molecule has 0 fully saturated rings. The molecule has 0 radical (unpaired) electrons. The molecule has 2 N–H and O–H groups in total. The van der Waals surface area contributed by atoms with Crippen molar-refractivity contribution in [1.29, 1.82) is 0 Å². The number of urea groups is 1. The molecule has 2 amide bonds.